The van der Waals surface area contributed by atoms with Crippen LogP contribution in [-0.4, -0.2) is 59.1 Å². The highest BCUT2D eigenvalue weighted by molar-refractivity contribution is 7.92. The summed E-state index contributed by atoms with van der Waals surface area (Å²) in [6.07, 6.45) is 3.93. The Bertz CT molecular complexity index is 1890. The van der Waals surface area contributed by atoms with E-state index in [0.29, 0.717) is 42.5 Å². The van der Waals surface area contributed by atoms with Gasteiger partial charge in [0.05, 0.1) is 21.8 Å². The van der Waals surface area contributed by atoms with Gasteiger partial charge in [-0.1, -0.05) is 0 Å². The first-order valence-corrected chi connectivity index (χ1v) is 15.8. The summed E-state index contributed by atoms with van der Waals surface area (Å²) in [5.41, 5.74) is -0.813. The van der Waals surface area contributed by atoms with E-state index in [-0.39, 0.29) is 17.9 Å². The van der Waals surface area contributed by atoms with Gasteiger partial charge in [-0.2, -0.15) is 4.39 Å². The molecule has 5 rings (SSSR count). The van der Waals surface area contributed by atoms with Gasteiger partial charge in [-0.15, -0.1) is 0 Å². The quantitative estimate of drug-likeness (QED) is 0.201. The Labute approximate surface area is 268 Å². The third-order valence-electron chi connectivity index (χ3n) is 6.75. The molecule has 3 heterocycles. The molecule has 2 aromatic heterocycles. The molecule has 1 saturated heterocycles. The molecule has 1 atom stereocenters. The number of halogens is 4. The van der Waals surface area contributed by atoms with Crippen molar-refractivity contribution < 1.29 is 40.2 Å². The number of hydrogen-bond acceptors (Lipinski definition) is 9. The van der Waals surface area contributed by atoms with Crippen LogP contribution in [0.2, 0.25) is 0 Å². The maximum atomic E-state index is 15.1. The number of pyridine rings is 1. The predicted molar refractivity (Wildman–Crippen MR) is 163 cm³/mol. The number of rotatable bonds is 8. The van der Waals surface area contributed by atoms with Gasteiger partial charge in [0.15, 0.2) is 11.6 Å². The number of hydrogen-bond donors (Lipinski definition) is 2. The van der Waals surface area contributed by atoms with E-state index in [1.807, 2.05) is 0 Å². The lowest BCUT2D eigenvalue weighted by Crippen LogP contribution is -2.47. The van der Waals surface area contributed by atoms with E-state index in [1.165, 1.54) is 12.4 Å². The third kappa shape index (κ3) is 8.24. The van der Waals surface area contributed by atoms with E-state index in [1.54, 1.807) is 48.6 Å². The molecule has 11 nitrogen and oxygen atoms in total. The first kappa shape index (κ1) is 33.4. The van der Waals surface area contributed by atoms with E-state index in [9.17, 15) is 22.0 Å². The van der Waals surface area contributed by atoms with E-state index in [2.05, 4.69) is 20.3 Å². The summed E-state index contributed by atoms with van der Waals surface area (Å²) in [5.74, 6) is -6.03. The molecular weight excluding hydrogens is 644 g/mol. The molecule has 1 amide bonds. The molecule has 0 unspecified atom stereocenters. The number of nitrogens with one attached hydrogen (secondary N) is 2. The lowest BCUT2D eigenvalue weighted by Gasteiger charge is -2.34. The number of likely N-dealkylation sites (tertiary alicyclic amines) is 1. The zero-order valence-electron chi connectivity index (χ0n) is 25.4. The molecular formula is C31H30F4N6O5S. The van der Waals surface area contributed by atoms with Crippen molar-refractivity contribution in [1.29, 1.82) is 0 Å². The summed E-state index contributed by atoms with van der Waals surface area (Å²) in [6, 6.07) is 7.96. The van der Waals surface area contributed by atoms with Crippen molar-refractivity contribution in [2.45, 2.75) is 50.2 Å². The molecule has 16 heteroatoms. The maximum Gasteiger partial charge on any atom is 0.410 e. The Balaban J connectivity index is 1.33. The summed E-state index contributed by atoms with van der Waals surface area (Å²) in [7, 11) is -4.68. The highest BCUT2D eigenvalue weighted by Crippen LogP contribution is 2.35. The molecule has 248 valence electrons. The SMILES string of the molecule is CC(C)(C)OC(=O)N1CCC[C@H](Nc2nccc(-c3cccnc3Oc3ccc(NS(=O)(=O)c4cc(F)cc(F)c4)c(F)c3F)n2)C1. The van der Waals surface area contributed by atoms with Crippen LogP contribution in [0.5, 0.6) is 11.6 Å². The predicted octanol–water partition coefficient (Wildman–Crippen LogP) is 6.50. The fourth-order valence-electron chi connectivity index (χ4n) is 4.70. The number of aromatic nitrogens is 3. The lowest BCUT2D eigenvalue weighted by atomic mass is 10.1. The zero-order chi connectivity index (χ0) is 33.9. The molecule has 1 aliphatic heterocycles. The number of piperidine rings is 1. The van der Waals surface area contributed by atoms with Gasteiger partial charge in [-0.05, 0) is 76.1 Å². The van der Waals surface area contributed by atoms with Crippen molar-refractivity contribution in [2.75, 3.05) is 23.1 Å². The number of anilines is 2. The monoisotopic (exact) mass is 674 g/mol. The number of carbonyl (C=O) groups excluding carboxylic acids is 1. The lowest BCUT2D eigenvalue weighted by molar-refractivity contribution is 0.0206. The van der Waals surface area contributed by atoms with E-state index >= 15 is 8.78 Å². The third-order valence-corrected chi connectivity index (χ3v) is 8.10. The van der Waals surface area contributed by atoms with Crippen molar-refractivity contribution in [3.63, 3.8) is 0 Å². The van der Waals surface area contributed by atoms with Crippen molar-refractivity contribution >= 4 is 27.8 Å². The van der Waals surface area contributed by atoms with Crippen LogP contribution in [0.15, 0.2) is 65.8 Å². The van der Waals surface area contributed by atoms with Gasteiger partial charge in [0.2, 0.25) is 17.6 Å². The van der Waals surface area contributed by atoms with E-state index < -0.39 is 61.3 Å². The number of benzene rings is 2. The van der Waals surface area contributed by atoms with Crippen molar-refractivity contribution in [2.24, 2.45) is 0 Å². The van der Waals surface area contributed by atoms with Gasteiger partial charge in [-0.25, -0.2) is 41.3 Å². The van der Waals surface area contributed by atoms with Gasteiger partial charge in [0, 0.05) is 37.6 Å². The molecule has 4 aromatic rings. The number of amides is 1. The Morgan fingerprint density at radius 3 is 2.45 bits per heavy atom. The van der Waals surface area contributed by atoms with Crippen LogP contribution in [0, 0.1) is 23.3 Å². The standard InChI is InChI=1S/C31H30F4N6O5S/c1-31(2,3)46-30(42)41-13-5-6-20(17-41)38-29-37-12-10-23(39-29)22-7-4-11-36-28(22)45-25-9-8-24(26(34)27(25)35)40-47(43,44)21-15-18(32)14-19(33)16-21/h4,7-12,14-16,20,40H,5-6,13,17H2,1-3H3,(H,37,38,39)/t20-/m0/s1. The van der Waals surface area contributed by atoms with Crippen LogP contribution in [-0.2, 0) is 14.8 Å². The number of ether oxygens (including phenoxy) is 2. The molecule has 47 heavy (non-hydrogen) atoms. The molecule has 2 N–H and O–H groups in total. The second-order valence-corrected chi connectivity index (χ2v) is 13.3. The summed E-state index contributed by atoms with van der Waals surface area (Å²) >= 11 is 0. The van der Waals surface area contributed by atoms with Gasteiger partial charge in [-0.3, -0.25) is 4.72 Å². The molecule has 0 bridgehead atoms. The summed E-state index contributed by atoms with van der Waals surface area (Å²) in [4.78, 5) is 26.3. The summed E-state index contributed by atoms with van der Waals surface area (Å²) in [6.45, 7) is 6.32. The van der Waals surface area contributed by atoms with Gasteiger partial charge in [0.25, 0.3) is 10.0 Å². The average Bonchev–Trinajstić information content (AvgIpc) is 3.00. The van der Waals surface area contributed by atoms with Crippen molar-refractivity contribution in [3.8, 4) is 22.9 Å². The zero-order valence-corrected chi connectivity index (χ0v) is 26.2. The maximum absolute atomic E-state index is 15.1. The highest BCUT2D eigenvalue weighted by Gasteiger charge is 2.28. The molecule has 1 fully saturated rings. The van der Waals surface area contributed by atoms with Crippen molar-refractivity contribution in [1.82, 2.24) is 19.9 Å². The smallest absolute Gasteiger partial charge is 0.410 e. The topological polar surface area (TPSA) is 136 Å². The Hall–Kier alpha value is -4.99. The average molecular weight is 675 g/mol. The fourth-order valence-corrected chi connectivity index (χ4v) is 5.80. The number of sulfonamides is 1. The first-order valence-electron chi connectivity index (χ1n) is 14.4. The van der Waals surface area contributed by atoms with E-state index in [0.717, 1.165) is 25.0 Å². The van der Waals surface area contributed by atoms with Crippen LogP contribution in [0.25, 0.3) is 11.3 Å². The molecule has 2 aromatic carbocycles. The molecule has 0 aliphatic carbocycles. The van der Waals surface area contributed by atoms with Crippen molar-refractivity contribution in [3.05, 3.63) is 84.2 Å². The minimum absolute atomic E-state index is 0.146. The van der Waals surface area contributed by atoms with E-state index in [4.69, 9.17) is 9.47 Å². The van der Waals surface area contributed by atoms with Gasteiger partial charge >= 0.3 is 6.09 Å². The van der Waals surface area contributed by atoms with Crippen LogP contribution in [0.1, 0.15) is 33.6 Å². The fraction of sp³-hybridized carbons (Fsp3) is 0.290. The number of carbonyl (C=O) groups is 1. The second kappa shape index (κ2) is 13.4. The van der Waals surface area contributed by atoms with Gasteiger partial charge in [0.1, 0.15) is 17.2 Å². The molecule has 1 aliphatic rings. The van der Waals surface area contributed by atoms with Crippen LogP contribution >= 0.6 is 0 Å². The molecule has 0 saturated carbocycles. The van der Waals surface area contributed by atoms with Crippen LogP contribution in [0.3, 0.4) is 0 Å². The molecule has 0 radical (unpaired) electrons. The first-order chi connectivity index (χ1) is 22.2. The van der Waals surface area contributed by atoms with Crippen LogP contribution < -0.4 is 14.8 Å². The van der Waals surface area contributed by atoms with Crippen LogP contribution in [0.4, 0.5) is 34.0 Å². The normalized spacial score (nSPS) is 15.2. The second-order valence-electron chi connectivity index (χ2n) is 11.6. The largest absolute Gasteiger partial charge is 0.444 e. The molecule has 0 spiro atoms. The Morgan fingerprint density at radius 2 is 1.72 bits per heavy atom. The minimum atomic E-state index is -4.68. The summed E-state index contributed by atoms with van der Waals surface area (Å²) in [5, 5.41) is 3.23. The van der Waals surface area contributed by atoms with Gasteiger partial charge < -0.3 is 19.7 Å². The highest BCUT2D eigenvalue weighted by atomic mass is 32.2. The number of nitrogens with zero attached hydrogens (tertiary/aromatic N) is 4. The Kier molecular flexibility index (Phi) is 9.51. The summed E-state index contributed by atoms with van der Waals surface area (Å²) < 4.78 is 95.3. The minimum Gasteiger partial charge on any atom is -0.444 e. The Morgan fingerprint density at radius 1 is 0.979 bits per heavy atom.